The first-order chi connectivity index (χ1) is 30.3. The molecule has 2 aromatic rings. The number of ether oxygens (including phenoxy) is 9. The van der Waals surface area contributed by atoms with Crippen LogP contribution >= 0.6 is 0 Å². The number of fused-ring (bicyclic) bond motifs is 4. The minimum atomic E-state index is -2.63. The third-order valence-electron chi connectivity index (χ3n) is 17.1. The fourth-order valence-electron chi connectivity index (χ4n) is 13.3. The van der Waals surface area contributed by atoms with Crippen LogP contribution in [0.2, 0.25) is 18.1 Å². The fraction of sp³-hybridized carbons (Fsp3) is 0.673. The van der Waals surface area contributed by atoms with E-state index in [1.165, 1.54) is 14.2 Å². The van der Waals surface area contributed by atoms with E-state index in [0.29, 0.717) is 19.4 Å². The highest BCUT2D eigenvalue weighted by molar-refractivity contribution is 6.74. The van der Waals surface area contributed by atoms with E-state index in [4.69, 9.17) is 47.1 Å². The lowest BCUT2D eigenvalue weighted by atomic mass is 9.38. The van der Waals surface area contributed by atoms with Crippen LogP contribution < -0.4 is 0 Å². The summed E-state index contributed by atoms with van der Waals surface area (Å²) < 4.78 is 65.4. The number of rotatable bonds is 12. The van der Waals surface area contributed by atoms with Crippen LogP contribution in [-0.2, 0) is 69.9 Å². The molecule has 4 aliphatic heterocycles. The van der Waals surface area contributed by atoms with Crippen LogP contribution in [0.4, 0.5) is 0 Å². The van der Waals surface area contributed by atoms with Gasteiger partial charge in [0.2, 0.25) is 0 Å². The molecule has 2 saturated carbocycles. The lowest BCUT2D eigenvalue weighted by Crippen LogP contribution is -2.76. The zero-order chi connectivity index (χ0) is 45.8. The normalized spacial score (nSPS) is 42.2. The average Bonchev–Trinajstić information content (AvgIpc) is 4.04. The SMILES string of the molecule is COC(=O)[C@@]1(OCc2ccccc2)OC[C@@]23[C@@H](O)C[C@@H](O[Si](C)(C)C(C)(C)C)[C@@]4(C(=O)OC)CO[C@@H]([C@@H](O)[C@@](C)(C5=C(C)[C@H]6C[C@@H]5O[C@@H]5O[C@H](OC)C[C@@]56OCc5ccccc5)[C@H]12)[C@@H]43. The first-order valence-electron chi connectivity index (χ1n) is 22.7. The predicted molar refractivity (Wildman–Crippen MR) is 232 cm³/mol. The van der Waals surface area contributed by atoms with Gasteiger partial charge in [0.25, 0.3) is 5.79 Å². The average molecular weight is 907 g/mol. The maximum atomic E-state index is 14.9. The van der Waals surface area contributed by atoms with Crippen molar-refractivity contribution in [3.05, 3.63) is 82.9 Å². The van der Waals surface area contributed by atoms with E-state index in [1.54, 1.807) is 7.11 Å². The van der Waals surface area contributed by atoms with Gasteiger partial charge in [0, 0.05) is 48.5 Å². The molecule has 9 rings (SSSR count). The Labute approximate surface area is 377 Å². The lowest BCUT2D eigenvalue weighted by molar-refractivity contribution is -0.298. The number of carbonyl (C=O) groups is 2. The molecule has 64 heavy (non-hydrogen) atoms. The highest BCUT2D eigenvalue weighted by atomic mass is 28.4. The number of aliphatic hydroxyl groups is 2. The van der Waals surface area contributed by atoms with Gasteiger partial charge in [-0.15, -0.1) is 0 Å². The Balaban J connectivity index is 1.24. The Kier molecular flexibility index (Phi) is 11.5. The van der Waals surface area contributed by atoms with E-state index >= 15 is 0 Å². The van der Waals surface area contributed by atoms with Crippen molar-refractivity contribution in [3.8, 4) is 0 Å². The summed E-state index contributed by atoms with van der Waals surface area (Å²) in [4.78, 5) is 29.8. The van der Waals surface area contributed by atoms with Gasteiger partial charge in [0.05, 0.1) is 71.2 Å². The summed E-state index contributed by atoms with van der Waals surface area (Å²) in [5.74, 6) is -6.03. The van der Waals surface area contributed by atoms with Crippen molar-refractivity contribution in [3.63, 3.8) is 0 Å². The summed E-state index contributed by atoms with van der Waals surface area (Å²) in [6.45, 7) is 14.3. The molecule has 4 saturated heterocycles. The minimum Gasteiger partial charge on any atom is -0.468 e. The number of aliphatic hydroxyl groups excluding tert-OH is 2. The number of esters is 2. The van der Waals surface area contributed by atoms with Gasteiger partial charge in [0.15, 0.2) is 20.9 Å². The molecule has 2 N–H and O–H groups in total. The molecule has 3 aliphatic carbocycles. The molecule has 2 bridgehead atoms. The van der Waals surface area contributed by atoms with Crippen molar-refractivity contribution in [2.45, 2.75) is 140 Å². The zero-order valence-electron chi connectivity index (χ0n) is 38.8. The van der Waals surface area contributed by atoms with Crippen molar-refractivity contribution in [1.29, 1.82) is 0 Å². The first kappa shape index (κ1) is 46.1. The van der Waals surface area contributed by atoms with Crippen LogP contribution in [0, 0.1) is 34.0 Å². The molecular weight excluding hydrogens is 841 g/mol. The number of methoxy groups -OCH3 is 3. The molecule has 350 valence electrons. The summed E-state index contributed by atoms with van der Waals surface area (Å²) in [5.41, 5.74) is -2.10. The van der Waals surface area contributed by atoms with Crippen molar-refractivity contribution < 1.29 is 66.9 Å². The first-order valence-corrected chi connectivity index (χ1v) is 25.6. The van der Waals surface area contributed by atoms with Gasteiger partial charge in [-0.05, 0) is 48.2 Å². The summed E-state index contributed by atoms with van der Waals surface area (Å²) in [7, 11) is 1.58. The predicted octanol–water partition coefficient (Wildman–Crippen LogP) is 5.83. The molecule has 0 amide bonds. The van der Waals surface area contributed by atoms with Crippen LogP contribution in [0.1, 0.15) is 65.0 Å². The third-order valence-corrected chi connectivity index (χ3v) is 21.6. The fourth-order valence-corrected chi connectivity index (χ4v) is 14.7. The van der Waals surface area contributed by atoms with Crippen LogP contribution in [0.3, 0.4) is 0 Å². The molecular formula is C49H66O14Si. The Hall–Kier alpha value is -3.06. The summed E-state index contributed by atoms with van der Waals surface area (Å²) >= 11 is 0. The molecule has 0 radical (unpaired) electrons. The molecule has 0 aromatic heterocycles. The van der Waals surface area contributed by atoms with Gasteiger partial charge >= 0.3 is 11.9 Å². The number of hydrogen-bond donors (Lipinski definition) is 2. The van der Waals surface area contributed by atoms with Gasteiger partial charge in [0.1, 0.15) is 11.0 Å². The molecule has 4 heterocycles. The van der Waals surface area contributed by atoms with E-state index < -0.39 is 103 Å². The molecule has 1 spiro atoms. The summed E-state index contributed by atoms with van der Waals surface area (Å²) in [6, 6.07) is 19.3. The largest absolute Gasteiger partial charge is 0.468 e. The standard InChI is InChI=1S/C49H66O14Si/c1-28-31-21-32(61-43-48(31,23-35(54-6)62-43)58-24-29-17-13-11-14-18-29)36(28)45(5)39(51)37-38-46(27-60-49(40(45)46,42(53)56-8)59-25-30-19-15-12-16-20-30)33(50)22-34(63-64(9,10)44(2,3)4)47(38,26-57-37)41(52)55-7/h11-20,31-35,37-40,43,50-51H,21-27H2,1-10H3/t31-,32+,33+,34-,35+,37-,38-,39-,40+,43-,45-,46+,47+,48+,49+/m1/s1. The molecule has 15 atom stereocenters. The van der Waals surface area contributed by atoms with Gasteiger partial charge in [-0.2, -0.15) is 0 Å². The second-order valence-electron chi connectivity index (χ2n) is 21.0. The van der Waals surface area contributed by atoms with E-state index in [0.717, 1.165) is 22.3 Å². The Morgan fingerprint density at radius 2 is 1.48 bits per heavy atom. The molecule has 0 unspecified atom stereocenters. The second-order valence-corrected chi connectivity index (χ2v) is 25.7. The van der Waals surface area contributed by atoms with Crippen molar-refractivity contribution in [2.24, 2.45) is 34.0 Å². The van der Waals surface area contributed by atoms with E-state index in [-0.39, 0.29) is 37.2 Å². The smallest absolute Gasteiger partial charge is 0.366 e. The third kappa shape index (κ3) is 6.32. The number of benzene rings is 2. The molecule has 2 aromatic carbocycles. The lowest BCUT2D eigenvalue weighted by Gasteiger charge is -2.65. The Bertz CT molecular complexity index is 2130. The van der Waals surface area contributed by atoms with Crippen LogP contribution in [0.15, 0.2) is 71.8 Å². The summed E-state index contributed by atoms with van der Waals surface area (Å²) in [5, 5.41) is 26.5. The highest BCUT2D eigenvalue weighted by Crippen LogP contribution is 2.76. The number of carbonyl (C=O) groups excluding carboxylic acids is 2. The second kappa shape index (κ2) is 16.0. The highest BCUT2D eigenvalue weighted by Gasteiger charge is 2.87. The maximum absolute atomic E-state index is 14.9. The number of hydrogen-bond acceptors (Lipinski definition) is 14. The van der Waals surface area contributed by atoms with Crippen LogP contribution in [-0.4, -0.2) is 120 Å². The van der Waals surface area contributed by atoms with E-state index in [1.807, 2.05) is 74.5 Å². The quantitative estimate of drug-likeness (QED) is 0.149. The molecule has 7 aliphatic rings. The molecule has 14 nitrogen and oxygen atoms in total. The van der Waals surface area contributed by atoms with Gasteiger partial charge in [-0.25, -0.2) is 4.79 Å². The summed E-state index contributed by atoms with van der Waals surface area (Å²) in [6.07, 6.45) is -5.76. The Morgan fingerprint density at radius 1 is 0.859 bits per heavy atom. The minimum absolute atomic E-state index is 0.00149. The van der Waals surface area contributed by atoms with Crippen molar-refractivity contribution in [2.75, 3.05) is 34.5 Å². The monoisotopic (exact) mass is 906 g/mol. The molecule has 15 heteroatoms. The Morgan fingerprint density at radius 3 is 2.08 bits per heavy atom. The van der Waals surface area contributed by atoms with Crippen LogP contribution in [0.25, 0.3) is 0 Å². The zero-order valence-corrected chi connectivity index (χ0v) is 39.8. The van der Waals surface area contributed by atoms with E-state index in [9.17, 15) is 19.8 Å². The van der Waals surface area contributed by atoms with Crippen molar-refractivity contribution >= 4 is 20.3 Å². The van der Waals surface area contributed by atoms with Crippen LogP contribution in [0.5, 0.6) is 0 Å². The van der Waals surface area contributed by atoms with Gasteiger partial charge in [-0.1, -0.05) is 93.9 Å². The van der Waals surface area contributed by atoms with Crippen molar-refractivity contribution in [1.82, 2.24) is 0 Å². The van der Waals surface area contributed by atoms with Gasteiger partial charge < -0.3 is 57.3 Å². The molecule has 6 fully saturated rings. The maximum Gasteiger partial charge on any atom is 0.366 e. The topological polar surface area (TPSA) is 167 Å². The van der Waals surface area contributed by atoms with Gasteiger partial charge in [-0.3, -0.25) is 4.79 Å². The van der Waals surface area contributed by atoms with E-state index in [2.05, 4.69) is 33.9 Å².